The number of hydroxylamine groups is 1. The number of rotatable bonds is 5. The first-order chi connectivity index (χ1) is 8.37. The molecule has 0 aliphatic heterocycles. The van der Waals surface area contributed by atoms with Crippen LogP contribution in [0.2, 0.25) is 5.02 Å². The molecule has 0 bridgehead atoms. The van der Waals surface area contributed by atoms with Gasteiger partial charge in [0, 0.05) is 5.02 Å². The molecular formula is C10H9ClF3NO3. The lowest BCUT2D eigenvalue weighted by Crippen LogP contribution is -2.32. The van der Waals surface area contributed by atoms with Crippen molar-refractivity contribution in [2.45, 2.75) is 6.18 Å². The van der Waals surface area contributed by atoms with E-state index in [0.717, 1.165) is 0 Å². The van der Waals surface area contributed by atoms with Gasteiger partial charge in [0.25, 0.3) is 5.91 Å². The standard InChI is InChI=1S/C10H9ClF3NO3/c11-7-1-3-8(4-2-7)17-5-9(16)15-18-6-10(12,13)14/h1-4H,5-6H2,(H,15,16). The number of amides is 1. The Bertz CT molecular complexity index is 394. The molecule has 0 aliphatic rings. The summed E-state index contributed by atoms with van der Waals surface area (Å²) in [4.78, 5) is 15.0. The zero-order valence-electron chi connectivity index (χ0n) is 8.96. The van der Waals surface area contributed by atoms with Crippen LogP contribution in [0, 0.1) is 0 Å². The summed E-state index contributed by atoms with van der Waals surface area (Å²) in [5.41, 5.74) is 1.61. The van der Waals surface area contributed by atoms with E-state index >= 15 is 0 Å². The van der Waals surface area contributed by atoms with E-state index in [-0.39, 0.29) is 0 Å². The normalized spacial score (nSPS) is 11.1. The third-order valence-corrected chi connectivity index (χ3v) is 1.86. The number of carbonyl (C=O) groups excluding carboxylic acids is 1. The smallest absolute Gasteiger partial charge is 0.414 e. The highest BCUT2D eigenvalue weighted by Crippen LogP contribution is 2.15. The molecule has 0 heterocycles. The van der Waals surface area contributed by atoms with E-state index in [4.69, 9.17) is 16.3 Å². The van der Waals surface area contributed by atoms with E-state index in [1.165, 1.54) is 12.1 Å². The van der Waals surface area contributed by atoms with Gasteiger partial charge < -0.3 is 4.74 Å². The molecule has 0 saturated carbocycles. The second kappa shape index (κ2) is 6.46. The van der Waals surface area contributed by atoms with Crippen molar-refractivity contribution in [3.63, 3.8) is 0 Å². The zero-order chi connectivity index (χ0) is 13.6. The first-order valence-corrected chi connectivity index (χ1v) is 5.10. The van der Waals surface area contributed by atoms with Crippen LogP contribution in [0.5, 0.6) is 5.75 Å². The molecule has 0 radical (unpaired) electrons. The Kier molecular flexibility index (Phi) is 5.24. The fourth-order valence-corrected chi connectivity index (χ4v) is 1.03. The van der Waals surface area contributed by atoms with Crippen LogP contribution >= 0.6 is 11.6 Å². The topological polar surface area (TPSA) is 47.6 Å². The minimum atomic E-state index is -4.50. The number of alkyl halides is 3. The molecule has 0 atom stereocenters. The first-order valence-electron chi connectivity index (χ1n) is 4.72. The Morgan fingerprint density at radius 2 is 1.89 bits per heavy atom. The maximum absolute atomic E-state index is 11.7. The molecule has 18 heavy (non-hydrogen) atoms. The van der Waals surface area contributed by atoms with Gasteiger partial charge in [0.1, 0.15) is 5.75 Å². The average molecular weight is 284 g/mol. The summed E-state index contributed by atoms with van der Waals surface area (Å²) in [7, 11) is 0. The molecule has 1 aromatic rings. The van der Waals surface area contributed by atoms with Crippen LogP contribution in [0.15, 0.2) is 24.3 Å². The van der Waals surface area contributed by atoms with E-state index in [0.29, 0.717) is 10.8 Å². The largest absolute Gasteiger partial charge is 0.484 e. The highest BCUT2D eigenvalue weighted by Gasteiger charge is 2.28. The van der Waals surface area contributed by atoms with Crippen molar-refractivity contribution < 1.29 is 27.5 Å². The lowest BCUT2D eigenvalue weighted by Gasteiger charge is -2.09. The van der Waals surface area contributed by atoms with E-state index in [9.17, 15) is 18.0 Å². The second-order valence-electron chi connectivity index (χ2n) is 3.17. The van der Waals surface area contributed by atoms with Crippen molar-refractivity contribution in [3.05, 3.63) is 29.3 Å². The molecular weight excluding hydrogens is 275 g/mol. The van der Waals surface area contributed by atoms with Crippen LogP contribution in [-0.4, -0.2) is 25.3 Å². The summed E-state index contributed by atoms with van der Waals surface area (Å²) >= 11 is 5.62. The van der Waals surface area contributed by atoms with Crippen LogP contribution in [0.4, 0.5) is 13.2 Å². The summed E-state index contributed by atoms with van der Waals surface area (Å²) in [6.45, 7) is -2.01. The Labute approximate surface area is 106 Å². The predicted octanol–water partition coefficient (Wildman–Crippen LogP) is 2.33. The Hall–Kier alpha value is -1.47. The second-order valence-corrected chi connectivity index (χ2v) is 3.61. The number of nitrogens with one attached hydrogen (secondary N) is 1. The monoisotopic (exact) mass is 283 g/mol. The number of benzene rings is 1. The molecule has 1 amide bonds. The summed E-state index contributed by atoms with van der Waals surface area (Å²) < 4.78 is 40.0. The Morgan fingerprint density at radius 1 is 1.28 bits per heavy atom. The fraction of sp³-hybridized carbons (Fsp3) is 0.300. The van der Waals surface area contributed by atoms with Gasteiger partial charge in [-0.05, 0) is 24.3 Å². The maximum atomic E-state index is 11.7. The van der Waals surface area contributed by atoms with E-state index in [1.807, 2.05) is 0 Å². The minimum Gasteiger partial charge on any atom is -0.484 e. The van der Waals surface area contributed by atoms with Gasteiger partial charge in [-0.15, -0.1) is 0 Å². The summed E-state index contributed by atoms with van der Waals surface area (Å²) in [5, 5.41) is 0.500. The Morgan fingerprint density at radius 3 is 2.44 bits per heavy atom. The molecule has 0 spiro atoms. The molecule has 1 aromatic carbocycles. The summed E-state index contributed by atoms with van der Waals surface area (Å²) in [6, 6.07) is 6.14. The van der Waals surface area contributed by atoms with Gasteiger partial charge in [0.15, 0.2) is 13.2 Å². The van der Waals surface area contributed by atoms with Gasteiger partial charge in [-0.2, -0.15) is 13.2 Å². The molecule has 1 N–H and O–H groups in total. The van der Waals surface area contributed by atoms with Gasteiger partial charge in [0.2, 0.25) is 0 Å². The predicted molar refractivity (Wildman–Crippen MR) is 57.1 cm³/mol. The first kappa shape index (κ1) is 14.6. The van der Waals surface area contributed by atoms with Crippen molar-refractivity contribution in [1.29, 1.82) is 0 Å². The van der Waals surface area contributed by atoms with Gasteiger partial charge >= 0.3 is 6.18 Å². The van der Waals surface area contributed by atoms with Gasteiger partial charge in [0.05, 0.1) is 0 Å². The average Bonchev–Trinajstić information content (AvgIpc) is 2.26. The molecule has 8 heteroatoms. The molecule has 0 unspecified atom stereocenters. The molecule has 0 fully saturated rings. The Balaban J connectivity index is 2.23. The molecule has 100 valence electrons. The minimum absolute atomic E-state index is 0.366. The van der Waals surface area contributed by atoms with E-state index < -0.39 is 25.3 Å². The lowest BCUT2D eigenvalue weighted by atomic mass is 10.3. The van der Waals surface area contributed by atoms with Crippen molar-refractivity contribution in [3.8, 4) is 5.75 Å². The number of carbonyl (C=O) groups is 1. The summed E-state index contributed by atoms with van der Waals surface area (Å²) in [5.74, 6) is -0.459. The van der Waals surface area contributed by atoms with Crippen LogP contribution in [0.3, 0.4) is 0 Å². The molecule has 4 nitrogen and oxygen atoms in total. The van der Waals surface area contributed by atoms with Crippen LogP contribution < -0.4 is 10.2 Å². The third-order valence-electron chi connectivity index (χ3n) is 1.61. The zero-order valence-corrected chi connectivity index (χ0v) is 9.72. The van der Waals surface area contributed by atoms with E-state index in [1.54, 1.807) is 17.6 Å². The maximum Gasteiger partial charge on any atom is 0.414 e. The van der Waals surface area contributed by atoms with Crippen LogP contribution in [-0.2, 0) is 9.63 Å². The lowest BCUT2D eigenvalue weighted by molar-refractivity contribution is -0.192. The van der Waals surface area contributed by atoms with Crippen molar-refractivity contribution in [1.82, 2.24) is 5.48 Å². The fourth-order valence-electron chi connectivity index (χ4n) is 0.908. The third kappa shape index (κ3) is 6.31. The quantitative estimate of drug-likeness (QED) is 0.844. The van der Waals surface area contributed by atoms with Crippen LogP contribution in [0.1, 0.15) is 0 Å². The van der Waals surface area contributed by atoms with Crippen molar-refractivity contribution >= 4 is 17.5 Å². The van der Waals surface area contributed by atoms with Gasteiger partial charge in [-0.25, -0.2) is 5.48 Å². The molecule has 0 aromatic heterocycles. The number of halogens is 4. The number of ether oxygens (including phenoxy) is 1. The SMILES string of the molecule is O=C(COc1ccc(Cl)cc1)NOCC(F)(F)F. The van der Waals surface area contributed by atoms with Crippen LogP contribution in [0.25, 0.3) is 0 Å². The molecule has 0 saturated heterocycles. The van der Waals surface area contributed by atoms with Gasteiger partial charge in [-0.3, -0.25) is 9.63 Å². The summed E-state index contributed by atoms with van der Waals surface area (Å²) in [6.07, 6.45) is -4.50. The highest BCUT2D eigenvalue weighted by molar-refractivity contribution is 6.30. The molecule has 1 rings (SSSR count). The number of hydrogen-bond acceptors (Lipinski definition) is 3. The number of hydrogen-bond donors (Lipinski definition) is 1. The van der Waals surface area contributed by atoms with Crippen molar-refractivity contribution in [2.24, 2.45) is 0 Å². The van der Waals surface area contributed by atoms with Crippen molar-refractivity contribution in [2.75, 3.05) is 13.2 Å². The van der Waals surface area contributed by atoms with E-state index in [2.05, 4.69) is 4.84 Å². The van der Waals surface area contributed by atoms with Gasteiger partial charge in [-0.1, -0.05) is 11.6 Å². The molecule has 0 aliphatic carbocycles. The highest BCUT2D eigenvalue weighted by atomic mass is 35.5.